The van der Waals surface area contributed by atoms with Crippen molar-refractivity contribution < 1.29 is 17.9 Å². The van der Waals surface area contributed by atoms with Crippen molar-refractivity contribution in [3.63, 3.8) is 0 Å². The van der Waals surface area contributed by atoms with Gasteiger partial charge in [0.05, 0.1) is 0 Å². The number of hydrogen-bond donors (Lipinski definition) is 2. The van der Waals surface area contributed by atoms with Gasteiger partial charge in [-0.15, -0.1) is 13.2 Å². The number of nitrogen functional groups attached to an aromatic ring is 1. The smallest absolute Gasteiger partial charge is 0.406 e. The lowest BCUT2D eigenvalue weighted by molar-refractivity contribution is -0.274. The molecule has 2 aromatic rings. The van der Waals surface area contributed by atoms with Crippen LogP contribution in [0, 0.1) is 0 Å². The summed E-state index contributed by atoms with van der Waals surface area (Å²) in [5.41, 5.74) is 9.45. The van der Waals surface area contributed by atoms with Gasteiger partial charge in [0.25, 0.3) is 0 Å². The van der Waals surface area contributed by atoms with Crippen LogP contribution in [-0.2, 0) is 11.8 Å². The third-order valence-electron chi connectivity index (χ3n) is 4.24. The number of ether oxygens (including phenoxy) is 1. The molecule has 3 nitrogen and oxygen atoms in total. The van der Waals surface area contributed by atoms with E-state index >= 15 is 0 Å². The molecule has 0 bridgehead atoms. The first-order valence-corrected chi connectivity index (χ1v) is 8.59. The molecule has 0 saturated heterocycles. The van der Waals surface area contributed by atoms with Crippen LogP contribution >= 0.6 is 0 Å². The predicted molar refractivity (Wildman–Crippen MR) is 99.5 cm³/mol. The van der Waals surface area contributed by atoms with Crippen molar-refractivity contribution in [2.75, 3.05) is 17.6 Å². The Morgan fingerprint density at radius 3 is 2.27 bits per heavy atom. The average molecular weight is 366 g/mol. The summed E-state index contributed by atoms with van der Waals surface area (Å²) in [7, 11) is 0. The quantitative estimate of drug-likeness (QED) is 0.635. The minimum absolute atomic E-state index is 0.214. The van der Waals surface area contributed by atoms with E-state index in [1.807, 2.05) is 32.0 Å². The van der Waals surface area contributed by atoms with Crippen LogP contribution in [0.4, 0.5) is 24.5 Å². The fourth-order valence-electron chi connectivity index (χ4n) is 2.79. The summed E-state index contributed by atoms with van der Waals surface area (Å²) in [4.78, 5) is 0. The summed E-state index contributed by atoms with van der Waals surface area (Å²) in [6.45, 7) is 6.82. The molecule has 0 aliphatic heterocycles. The molecule has 0 unspecified atom stereocenters. The van der Waals surface area contributed by atoms with E-state index in [1.165, 1.54) is 12.1 Å². The number of rotatable bonds is 7. The summed E-state index contributed by atoms with van der Waals surface area (Å²) in [6.07, 6.45) is -2.73. The van der Waals surface area contributed by atoms with Crippen LogP contribution in [0.5, 0.6) is 5.75 Å². The maximum Gasteiger partial charge on any atom is 0.573 e. The molecule has 2 aromatic carbocycles. The van der Waals surface area contributed by atoms with Gasteiger partial charge in [0, 0.05) is 23.3 Å². The third kappa shape index (κ3) is 5.58. The minimum Gasteiger partial charge on any atom is -0.406 e. The van der Waals surface area contributed by atoms with Crippen LogP contribution in [0.3, 0.4) is 0 Å². The lowest BCUT2D eigenvalue weighted by atomic mass is 9.84. The molecule has 0 aliphatic carbocycles. The zero-order chi connectivity index (χ0) is 19.4. The van der Waals surface area contributed by atoms with Crippen molar-refractivity contribution >= 4 is 11.4 Å². The monoisotopic (exact) mass is 366 g/mol. The summed E-state index contributed by atoms with van der Waals surface area (Å²) < 4.78 is 40.7. The Hall–Kier alpha value is -2.37. The highest BCUT2D eigenvalue weighted by atomic mass is 19.4. The molecule has 0 heterocycles. The van der Waals surface area contributed by atoms with Gasteiger partial charge in [-0.1, -0.05) is 39.3 Å². The van der Waals surface area contributed by atoms with Gasteiger partial charge in [-0.3, -0.25) is 0 Å². The maximum absolute atomic E-state index is 12.3. The van der Waals surface area contributed by atoms with Crippen molar-refractivity contribution in [1.82, 2.24) is 0 Å². The number of anilines is 2. The summed E-state index contributed by atoms with van der Waals surface area (Å²) in [6, 6.07) is 11.8. The molecule has 0 atom stereocenters. The highest BCUT2D eigenvalue weighted by molar-refractivity contribution is 5.58. The SMILES string of the molecule is CCCc1cc(N)ccc1NCC(C)(C)c1ccc(OC(F)(F)F)cc1. The lowest BCUT2D eigenvalue weighted by Gasteiger charge is -2.27. The summed E-state index contributed by atoms with van der Waals surface area (Å²) >= 11 is 0. The van der Waals surface area contributed by atoms with Crippen molar-refractivity contribution in [3.8, 4) is 5.75 Å². The maximum atomic E-state index is 12.3. The van der Waals surface area contributed by atoms with Gasteiger partial charge >= 0.3 is 6.36 Å². The van der Waals surface area contributed by atoms with Crippen molar-refractivity contribution in [2.24, 2.45) is 0 Å². The number of nitrogens with one attached hydrogen (secondary N) is 1. The first-order valence-electron chi connectivity index (χ1n) is 8.59. The largest absolute Gasteiger partial charge is 0.573 e. The second kappa shape index (κ2) is 7.89. The van der Waals surface area contributed by atoms with Crippen molar-refractivity contribution in [2.45, 2.75) is 45.4 Å². The highest BCUT2D eigenvalue weighted by Gasteiger charge is 2.31. The summed E-state index contributed by atoms with van der Waals surface area (Å²) in [5.74, 6) is -0.214. The second-order valence-corrected chi connectivity index (χ2v) is 6.98. The van der Waals surface area contributed by atoms with E-state index in [0.717, 1.165) is 35.3 Å². The standard InChI is InChI=1S/C20H25F3N2O/c1-4-5-14-12-16(24)8-11-18(14)25-13-19(2,3)15-6-9-17(10-7-15)26-20(21,22)23/h6-12,25H,4-5,13,24H2,1-3H3. The predicted octanol–water partition coefficient (Wildman–Crippen LogP) is 5.51. The topological polar surface area (TPSA) is 47.3 Å². The second-order valence-electron chi connectivity index (χ2n) is 6.98. The molecule has 0 aliphatic rings. The van der Waals surface area contributed by atoms with Crippen molar-refractivity contribution in [3.05, 3.63) is 53.6 Å². The molecule has 0 spiro atoms. The molecule has 142 valence electrons. The molecule has 0 aromatic heterocycles. The van der Waals surface area contributed by atoms with Gasteiger partial charge in [-0.2, -0.15) is 0 Å². The first-order chi connectivity index (χ1) is 12.1. The van der Waals surface area contributed by atoms with Gasteiger partial charge in [0.1, 0.15) is 5.75 Å². The van der Waals surface area contributed by atoms with Gasteiger partial charge in [-0.05, 0) is 47.9 Å². The third-order valence-corrected chi connectivity index (χ3v) is 4.24. The molecule has 2 rings (SSSR count). The van der Waals surface area contributed by atoms with Gasteiger partial charge in [-0.25, -0.2) is 0 Å². The number of alkyl halides is 3. The van der Waals surface area contributed by atoms with Gasteiger partial charge in [0.15, 0.2) is 0 Å². The lowest BCUT2D eigenvalue weighted by Crippen LogP contribution is -2.28. The van der Waals surface area contributed by atoms with Crippen LogP contribution in [0.2, 0.25) is 0 Å². The Kier molecular flexibility index (Phi) is 6.05. The zero-order valence-corrected chi connectivity index (χ0v) is 15.3. The molecule has 26 heavy (non-hydrogen) atoms. The Morgan fingerprint density at radius 2 is 1.69 bits per heavy atom. The Labute approximate surface area is 152 Å². The number of benzene rings is 2. The Morgan fingerprint density at radius 1 is 1.04 bits per heavy atom. The minimum atomic E-state index is -4.68. The van der Waals surface area contributed by atoms with Crippen LogP contribution in [0.25, 0.3) is 0 Å². The van der Waals surface area contributed by atoms with Gasteiger partial charge < -0.3 is 15.8 Å². The van der Waals surface area contributed by atoms with E-state index in [4.69, 9.17) is 5.73 Å². The van der Waals surface area contributed by atoms with Crippen LogP contribution in [-0.4, -0.2) is 12.9 Å². The van der Waals surface area contributed by atoms with E-state index in [-0.39, 0.29) is 11.2 Å². The first kappa shape index (κ1) is 19.9. The van der Waals surface area contributed by atoms with Gasteiger partial charge in [0.2, 0.25) is 0 Å². The molecular weight excluding hydrogens is 341 g/mol. The van der Waals surface area contributed by atoms with Crippen molar-refractivity contribution in [1.29, 1.82) is 0 Å². The van der Waals surface area contributed by atoms with Crippen LogP contribution < -0.4 is 15.8 Å². The molecule has 0 saturated carbocycles. The highest BCUT2D eigenvalue weighted by Crippen LogP contribution is 2.29. The van der Waals surface area contributed by atoms with Crippen LogP contribution in [0.15, 0.2) is 42.5 Å². The van der Waals surface area contributed by atoms with E-state index in [2.05, 4.69) is 17.0 Å². The Bertz CT molecular complexity index is 725. The number of hydrogen-bond acceptors (Lipinski definition) is 3. The average Bonchev–Trinajstić information content (AvgIpc) is 2.53. The van der Waals surface area contributed by atoms with Crippen LogP contribution in [0.1, 0.15) is 38.3 Å². The normalized spacial score (nSPS) is 12.1. The number of halogens is 3. The molecule has 3 N–H and O–H groups in total. The zero-order valence-electron chi connectivity index (χ0n) is 15.3. The molecular formula is C20H25F3N2O. The molecule has 6 heteroatoms. The van der Waals surface area contributed by atoms with E-state index in [1.54, 1.807) is 12.1 Å². The van der Waals surface area contributed by atoms with E-state index in [9.17, 15) is 13.2 Å². The van der Waals surface area contributed by atoms with E-state index in [0.29, 0.717) is 6.54 Å². The molecule has 0 amide bonds. The molecule has 0 fully saturated rings. The number of aryl methyl sites for hydroxylation is 1. The van der Waals surface area contributed by atoms with E-state index < -0.39 is 6.36 Å². The Balaban J connectivity index is 2.09. The fraction of sp³-hybridized carbons (Fsp3) is 0.400. The number of nitrogens with two attached hydrogens (primary N) is 1. The molecule has 0 radical (unpaired) electrons. The fourth-order valence-corrected chi connectivity index (χ4v) is 2.79. The summed E-state index contributed by atoms with van der Waals surface area (Å²) in [5, 5.41) is 3.45.